The summed E-state index contributed by atoms with van der Waals surface area (Å²) < 4.78 is 17.1. The Balaban J connectivity index is 0.00000300. The number of ether oxygens (including phenoxy) is 3. The number of aliphatic imine (C=N–C) groups is 1. The van der Waals surface area contributed by atoms with Gasteiger partial charge in [0.15, 0.2) is 5.96 Å². The van der Waals surface area contributed by atoms with E-state index in [1.54, 1.807) is 7.05 Å². The molecule has 0 bridgehead atoms. The van der Waals surface area contributed by atoms with Gasteiger partial charge >= 0.3 is 0 Å². The molecule has 0 aromatic carbocycles. The van der Waals surface area contributed by atoms with Crippen LogP contribution < -0.4 is 15.4 Å². The molecule has 2 heterocycles. The van der Waals surface area contributed by atoms with Crippen LogP contribution in [-0.2, 0) is 16.0 Å². The number of aromatic nitrogens is 1. The van der Waals surface area contributed by atoms with Crippen LogP contribution in [0.25, 0.3) is 0 Å². The van der Waals surface area contributed by atoms with Crippen LogP contribution in [0.2, 0.25) is 0 Å². The van der Waals surface area contributed by atoms with Gasteiger partial charge in [0.25, 0.3) is 0 Å². The van der Waals surface area contributed by atoms with E-state index in [1.807, 2.05) is 12.3 Å². The molecule has 1 saturated heterocycles. The maximum absolute atomic E-state index is 5.98. The van der Waals surface area contributed by atoms with Gasteiger partial charge in [-0.25, -0.2) is 4.98 Å². The highest BCUT2D eigenvalue weighted by molar-refractivity contribution is 14.0. The lowest BCUT2D eigenvalue weighted by Crippen LogP contribution is -2.37. The lowest BCUT2D eigenvalue weighted by molar-refractivity contribution is 0.0420. The smallest absolute Gasteiger partial charge is 0.213 e. The SMILES string of the molecule is CN=C(NCCCOC1CCOC1)NCc1ccc(OC2CCCCC2)nc1.I. The zero-order chi connectivity index (χ0) is 19.4. The molecule has 1 atom stereocenters. The quantitative estimate of drug-likeness (QED) is 0.226. The molecule has 7 nitrogen and oxygen atoms in total. The van der Waals surface area contributed by atoms with E-state index >= 15 is 0 Å². The average Bonchev–Trinajstić information content (AvgIpc) is 3.25. The summed E-state index contributed by atoms with van der Waals surface area (Å²) in [6.45, 7) is 3.79. The maximum Gasteiger partial charge on any atom is 0.213 e. The standard InChI is InChI=1S/C21H34N4O3.HI/c1-22-21(23-11-5-12-27-19-10-13-26-16-19)25-15-17-8-9-20(24-14-17)28-18-6-3-2-4-7-18;/h8-9,14,18-19H,2-7,10-13,15-16H2,1H3,(H2,22,23,25);1H. The Morgan fingerprint density at radius 1 is 1.17 bits per heavy atom. The molecule has 1 aromatic heterocycles. The molecule has 164 valence electrons. The van der Waals surface area contributed by atoms with Crippen molar-refractivity contribution in [2.75, 3.05) is 33.4 Å². The number of rotatable bonds is 9. The maximum atomic E-state index is 5.98. The first-order chi connectivity index (χ1) is 13.8. The molecule has 2 N–H and O–H groups in total. The van der Waals surface area contributed by atoms with Crippen LogP contribution in [0, 0.1) is 0 Å². The lowest BCUT2D eigenvalue weighted by Gasteiger charge is -2.22. The summed E-state index contributed by atoms with van der Waals surface area (Å²) in [7, 11) is 1.78. The van der Waals surface area contributed by atoms with E-state index < -0.39 is 0 Å². The number of nitrogens with zero attached hydrogens (tertiary/aromatic N) is 2. The van der Waals surface area contributed by atoms with E-state index in [4.69, 9.17) is 14.2 Å². The molecule has 29 heavy (non-hydrogen) atoms. The molecule has 1 saturated carbocycles. The summed E-state index contributed by atoms with van der Waals surface area (Å²) >= 11 is 0. The second kappa shape index (κ2) is 14.0. The third-order valence-corrected chi connectivity index (χ3v) is 5.18. The second-order valence-corrected chi connectivity index (χ2v) is 7.45. The van der Waals surface area contributed by atoms with E-state index in [0.717, 1.165) is 69.5 Å². The molecule has 3 rings (SSSR count). The predicted octanol–water partition coefficient (Wildman–Crippen LogP) is 3.27. The largest absolute Gasteiger partial charge is 0.474 e. The third kappa shape index (κ3) is 9.04. The lowest BCUT2D eigenvalue weighted by atomic mass is 9.98. The van der Waals surface area contributed by atoms with Crippen molar-refractivity contribution in [1.29, 1.82) is 0 Å². The Bertz CT molecular complexity index is 588. The summed E-state index contributed by atoms with van der Waals surface area (Å²) in [6, 6.07) is 4.02. The van der Waals surface area contributed by atoms with Gasteiger partial charge in [0.05, 0.1) is 12.7 Å². The van der Waals surface area contributed by atoms with Gasteiger partial charge in [-0.2, -0.15) is 0 Å². The van der Waals surface area contributed by atoms with Gasteiger partial charge < -0.3 is 24.8 Å². The first kappa shape index (κ1) is 24.1. The molecule has 2 fully saturated rings. The van der Waals surface area contributed by atoms with Gasteiger partial charge in [-0.1, -0.05) is 12.5 Å². The highest BCUT2D eigenvalue weighted by atomic mass is 127. The number of guanidine groups is 1. The van der Waals surface area contributed by atoms with Crippen LogP contribution in [0.4, 0.5) is 0 Å². The number of hydrogen-bond donors (Lipinski definition) is 2. The highest BCUT2D eigenvalue weighted by Gasteiger charge is 2.16. The number of hydrogen-bond acceptors (Lipinski definition) is 5. The van der Waals surface area contributed by atoms with Crippen molar-refractivity contribution >= 4 is 29.9 Å². The fourth-order valence-electron chi connectivity index (χ4n) is 3.52. The van der Waals surface area contributed by atoms with Gasteiger partial charge in [0.1, 0.15) is 6.10 Å². The zero-order valence-corrected chi connectivity index (χ0v) is 19.7. The fourth-order valence-corrected chi connectivity index (χ4v) is 3.52. The molecular formula is C21H35IN4O3. The van der Waals surface area contributed by atoms with Crippen molar-refractivity contribution in [1.82, 2.24) is 15.6 Å². The van der Waals surface area contributed by atoms with Crippen LogP contribution in [0.1, 0.15) is 50.5 Å². The van der Waals surface area contributed by atoms with Crippen molar-refractivity contribution in [2.24, 2.45) is 4.99 Å². The summed E-state index contributed by atoms with van der Waals surface area (Å²) in [5.74, 6) is 1.51. The Labute approximate surface area is 191 Å². The average molecular weight is 518 g/mol. The van der Waals surface area contributed by atoms with Crippen molar-refractivity contribution in [3.63, 3.8) is 0 Å². The van der Waals surface area contributed by atoms with Gasteiger partial charge in [0.2, 0.25) is 5.88 Å². The monoisotopic (exact) mass is 518 g/mol. The van der Waals surface area contributed by atoms with Gasteiger partial charge in [-0.15, -0.1) is 24.0 Å². The molecule has 0 radical (unpaired) electrons. The van der Waals surface area contributed by atoms with Crippen LogP contribution >= 0.6 is 24.0 Å². The molecule has 1 aliphatic heterocycles. The second-order valence-electron chi connectivity index (χ2n) is 7.45. The molecule has 0 spiro atoms. The summed E-state index contributed by atoms with van der Waals surface area (Å²) in [4.78, 5) is 8.71. The minimum Gasteiger partial charge on any atom is -0.474 e. The Kier molecular flexibility index (Phi) is 11.6. The first-order valence-corrected chi connectivity index (χ1v) is 10.6. The highest BCUT2D eigenvalue weighted by Crippen LogP contribution is 2.22. The van der Waals surface area contributed by atoms with Gasteiger partial charge in [-0.05, 0) is 44.1 Å². The molecule has 1 unspecified atom stereocenters. The molecule has 1 aromatic rings. The van der Waals surface area contributed by atoms with Crippen LogP contribution in [-0.4, -0.2) is 56.6 Å². The van der Waals surface area contributed by atoms with E-state index in [2.05, 4.69) is 26.7 Å². The topological polar surface area (TPSA) is 77.0 Å². The first-order valence-electron chi connectivity index (χ1n) is 10.6. The van der Waals surface area contributed by atoms with Crippen molar-refractivity contribution in [3.8, 4) is 5.88 Å². The predicted molar refractivity (Wildman–Crippen MR) is 125 cm³/mol. The van der Waals surface area contributed by atoms with Gasteiger partial charge in [-0.3, -0.25) is 4.99 Å². The molecular weight excluding hydrogens is 483 g/mol. The number of nitrogens with one attached hydrogen (secondary N) is 2. The Morgan fingerprint density at radius 2 is 2.03 bits per heavy atom. The molecule has 1 aliphatic carbocycles. The summed E-state index contributed by atoms with van der Waals surface area (Å²) in [6.07, 6.45) is 10.6. The zero-order valence-electron chi connectivity index (χ0n) is 17.4. The molecule has 8 heteroatoms. The minimum absolute atomic E-state index is 0. The van der Waals surface area contributed by atoms with Crippen LogP contribution in [0.5, 0.6) is 5.88 Å². The van der Waals surface area contributed by atoms with Crippen LogP contribution in [0.15, 0.2) is 23.3 Å². The van der Waals surface area contributed by atoms with Crippen molar-refractivity contribution < 1.29 is 14.2 Å². The molecule has 0 amide bonds. The third-order valence-electron chi connectivity index (χ3n) is 5.18. The minimum atomic E-state index is 0. The van der Waals surface area contributed by atoms with E-state index in [1.165, 1.54) is 19.3 Å². The fraction of sp³-hybridized carbons (Fsp3) is 0.714. The number of pyridine rings is 1. The molecule has 2 aliphatic rings. The van der Waals surface area contributed by atoms with Crippen molar-refractivity contribution in [3.05, 3.63) is 23.9 Å². The van der Waals surface area contributed by atoms with Crippen molar-refractivity contribution in [2.45, 2.75) is 63.7 Å². The van der Waals surface area contributed by atoms with Crippen LogP contribution in [0.3, 0.4) is 0 Å². The summed E-state index contributed by atoms with van der Waals surface area (Å²) in [5, 5.41) is 6.63. The Hall–Kier alpha value is -1.13. The van der Waals surface area contributed by atoms with E-state index in [0.29, 0.717) is 12.6 Å². The Morgan fingerprint density at radius 3 is 2.72 bits per heavy atom. The van der Waals surface area contributed by atoms with E-state index in [9.17, 15) is 0 Å². The van der Waals surface area contributed by atoms with E-state index in [-0.39, 0.29) is 30.1 Å². The number of halogens is 1. The summed E-state index contributed by atoms with van der Waals surface area (Å²) in [5.41, 5.74) is 1.10. The van der Waals surface area contributed by atoms with Gasteiger partial charge in [0, 0.05) is 45.6 Å². The normalized spacial score (nSPS) is 20.2.